The van der Waals surface area contributed by atoms with Gasteiger partial charge in [0.2, 0.25) is 0 Å². The van der Waals surface area contributed by atoms with Crippen molar-refractivity contribution in [2.45, 2.75) is 25.0 Å². The quantitative estimate of drug-likeness (QED) is 0.899. The number of ether oxygens (including phenoxy) is 1. The second kappa shape index (κ2) is 7.74. The number of para-hydroxylation sites is 1. The van der Waals surface area contributed by atoms with Crippen LogP contribution < -0.4 is 11.1 Å². The van der Waals surface area contributed by atoms with E-state index in [1.54, 1.807) is 11.3 Å². The fourth-order valence-electron chi connectivity index (χ4n) is 2.52. The zero-order valence-corrected chi connectivity index (χ0v) is 13.7. The molecule has 6 heteroatoms. The molecule has 1 aliphatic heterocycles. The first-order chi connectivity index (χ1) is 10.3. The van der Waals surface area contributed by atoms with E-state index in [1.165, 1.54) is 0 Å². The van der Waals surface area contributed by atoms with Crippen LogP contribution in [0.1, 0.15) is 12.8 Å². The van der Waals surface area contributed by atoms with Crippen LogP contribution in [0.5, 0.6) is 0 Å². The topological polar surface area (TPSA) is 64.4 Å². The normalized spacial score (nSPS) is 20.4. The van der Waals surface area contributed by atoms with Crippen LogP contribution in [0, 0.1) is 0 Å². The third kappa shape index (κ3) is 3.67. The summed E-state index contributed by atoms with van der Waals surface area (Å²) in [6.07, 6.45) is 1.19. The fraction of sp³-hybridized carbons (Fsp3) is 0.312. The summed E-state index contributed by atoms with van der Waals surface area (Å²) < 4.78 is 5.64. The molecule has 1 aromatic carbocycles. The Kier molecular flexibility index (Phi) is 5.97. The lowest BCUT2D eigenvalue weighted by molar-refractivity contribution is -0.126. The molecule has 3 N–H and O–H groups in total. The Morgan fingerprint density at radius 3 is 2.77 bits per heavy atom. The van der Waals surface area contributed by atoms with Gasteiger partial charge in [-0.15, -0.1) is 23.7 Å². The molecule has 4 nitrogen and oxygen atoms in total. The molecule has 1 amide bonds. The Balaban J connectivity index is 0.00000176. The molecule has 0 saturated carbocycles. The van der Waals surface area contributed by atoms with Crippen LogP contribution in [0.15, 0.2) is 41.8 Å². The minimum atomic E-state index is -0.394. The van der Waals surface area contributed by atoms with Crippen molar-refractivity contribution in [3.05, 3.63) is 41.8 Å². The highest BCUT2D eigenvalue weighted by Crippen LogP contribution is 2.32. The summed E-state index contributed by atoms with van der Waals surface area (Å²) >= 11 is 1.65. The van der Waals surface area contributed by atoms with E-state index in [-0.39, 0.29) is 24.4 Å². The van der Waals surface area contributed by atoms with Crippen molar-refractivity contribution in [3.63, 3.8) is 0 Å². The molecule has 118 valence electrons. The maximum Gasteiger partial charge on any atom is 0.253 e. The number of nitrogens with one attached hydrogen (secondary N) is 1. The van der Waals surface area contributed by atoms with E-state index in [9.17, 15) is 4.79 Å². The number of hydrogen-bond donors (Lipinski definition) is 2. The van der Waals surface area contributed by atoms with E-state index in [1.807, 2.05) is 41.8 Å². The number of nitrogens with two attached hydrogens (primary N) is 1. The molecule has 0 unspecified atom stereocenters. The average molecular weight is 339 g/mol. The molecule has 2 aromatic rings. The number of anilines is 1. The van der Waals surface area contributed by atoms with Crippen LogP contribution in [0.2, 0.25) is 0 Å². The standard InChI is InChI=1S/C16H18N2O2S.ClH/c17-10-11-7-8-14(20-11)16(19)18-13-5-2-1-4-12(13)15-6-3-9-21-15;/h1-6,9,11,14H,7-8,10,17H2,(H,18,19);1H/t11-,14+;/m1./s1. The second-order valence-corrected chi connectivity index (χ2v) is 6.02. The van der Waals surface area contributed by atoms with Gasteiger partial charge in [-0.1, -0.05) is 24.3 Å². The summed E-state index contributed by atoms with van der Waals surface area (Å²) in [5.74, 6) is -0.0880. The van der Waals surface area contributed by atoms with Gasteiger partial charge in [-0.2, -0.15) is 0 Å². The first-order valence-corrected chi connectivity index (χ1v) is 7.95. The van der Waals surface area contributed by atoms with Crippen molar-refractivity contribution in [1.82, 2.24) is 0 Å². The highest BCUT2D eigenvalue weighted by atomic mass is 35.5. The molecule has 0 spiro atoms. The minimum absolute atomic E-state index is 0. The van der Waals surface area contributed by atoms with Crippen molar-refractivity contribution in [2.24, 2.45) is 5.73 Å². The van der Waals surface area contributed by atoms with Gasteiger partial charge in [0, 0.05) is 22.7 Å². The van der Waals surface area contributed by atoms with Gasteiger partial charge in [0.25, 0.3) is 5.91 Å². The number of thiophene rings is 1. The summed E-state index contributed by atoms with van der Waals surface area (Å²) in [7, 11) is 0. The molecule has 0 aliphatic carbocycles. The molecule has 1 aromatic heterocycles. The minimum Gasteiger partial charge on any atom is -0.364 e. The van der Waals surface area contributed by atoms with Crippen molar-refractivity contribution in [2.75, 3.05) is 11.9 Å². The van der Waals surface area contributed by atoms with Crippen LogP contribution >= 0.6 is 23.7 Å². The summed E-state index contributed by atoms with van der Waals surface area (Å²) in [6, 6.07) is 11.9. The molecule has 1 aliphatic rings. The second-order valence-electron chi connectivity index (χ2n) is 5.07. The predicted molar refractivity (Wildman–Crippen MR) is 92.6 cm³/mol. The summed E-state index contributed by atoms with van der Waals surface area (Å²) in [6.45, 7) is 0.468. The van der Waals surface area contributed by atoms with Gasteiger partial charge in [0.05, 0.1) is 6.10 Å². The number of carbonyl (C=O) groups excluding carboxylic acids is 1. The fourth-order valence-corrected chi connectivity index (χ4v) is 3.29. The summed E-state index contributed by atoms with van der Waals surface area (Å²) in [4.78, 5) is 13.5. The van der Waals surface area contributed by atoms with E-state index >= 15 is 0 Å². The first kappa shape index (κ1) is 17.0. The molecule has 1 fully saturated rings. The number of hydrogen-bond acceptors (Lipinski definition) is 4. The zero-order valence-electron chi connectivity index (χ0n) is 12.0. The molecule has 0 bridgehead atoms. The van der Waals surface area contributed by atoms with E-state index in [0.717, 1.165) is 29.0 Å². The smallest absolute Gasteiger partial charge is 0.253 e. The predicted octanol–water partition coefficient (Wildman–Crippen LogP) is 3.28. The lowest BCUT2D eigenvalue weighted by atomic mass is 10.1. The maximum atomic E-state index is 12.3. The Morgan fingerprint density at radius 2 is 2.09 bits per heavy atom. The first-order valence-electron chi connectivity index (χ1n) is 7.07. The number of amides is 1. The van der Waals surface area contributed by atoms with Gasteiger partial charge in [-0.3, -0.25) is 4.79 Å². The SMILES string of the molecule is Cl.NC[C@H]1CC[C@@H](C(=O)Nc2ccccc2-c2cccs2)O1. The monoisotopic (exact) mass is 338 g/mol. The lowest BCUT2D eigenvalue weighted by Gasteiger charge is -2.14. The zero-order chi connectivity index (χ0) is 14.7. The summed E-state index contributed by atoms with van der Waals surface area (Å²) in [5, 5.41) is 5.01. The highest BCUT2D eigenvalue weighted by molar-refractivity contribution is 7.13. The Hall–Kier alpha value is -1.40. The van der Waals surface area contributed by atoms with Crippen LogP contribution in [-0.2, 0) is 9.53 Å². The molecule has 22 heavy (non-hydrogen) atoms. The highest BCUT2D eigenvalue weighted by Gasteiger charge is 2.30. The number of rotatable bonds is 4. The van der Waals surface area contributed by atoms with Crippen molar-refractivity contribution in [1.29, 1.82) is 0 Å². The van der Waals surface area contributed by atoms with E-state index in [0.29, 0.717) is 6.54 Å². The van der Waals surface area contributed by atoms with Gasteiger partial charge in [0.15, 0.2) is 0 Å². The average Bonchev–Trinajstić information content (AvgIpc) is 3.19. The lowest BCUT2D eigenvalue weighted by Crippen LogP contribution is -2.29. The molecule has 2 heterocycles. The molecule has 3 rings (SSSR count). The molecular weight excluding hydrogens is 320 g/mol. The van der Waals surface area contributed by atoms with Crippen molar-refractivity contribution < 1.29 is 9.53 Å². The Bertz CT molecular complexity index is 618. The van der Waals surface area contributed by atoms with E-state index in [2.05, 4.69) is 5.32 Å². The van der Waals surface area contributed by atoms with E-state index < -0.39 is 6.10 Å². The van der Waals surface area contributed by atoms with Crippen LogP contribution in [-0.4, -0.2) is 24.7 Å². The summed E-state index contributed by atoms with van der Waals surface area (Å²) in [5.41, 5.74) is 7.44. The van der Waals surface area contributed by atoms with Crippen LogP contribution in [0.4, 0.5) is 5.69 Å². The van der Waals surface area contributed by atoms with Crippen molar-refractivity contribution >= 4 is 35.3 Å². The Morgan fingerprint density at radius 1 is 1.27 bits per heavy atom. The van der Waals surface area contributed by atoms with Crippen molar-refractivity contribution in [3.8, 4) is 10.4 Å². The number of halogens is 1. The van der Waals surface area contributed by atoms with Crippen LogP contribution in [0.25, 0.3) is 10.4 Å². The molecule has 1 saturated heterocycles. The molecule has 0 radical (unpaired) electrons. The third-order valence-corrected chi connectivity index (χ3v) is 4.54. The van der Waals surface area contributed by atoms with Gasteiger partial charge >= 0.3 is 0 Å². The Labute approximate surface area is 140 Å². The largest absolute Gasteiger partial charge is 0.364 e. The van der Waals surface area contributed by atoms with Crippen LogP contribution in [0.3, 0.4) is 0 Å². The van der Waals surface area contributed by atoms with Gasteiger partial charge in [0.1, 0.15) is 6.10 Å². The number of carbonyl (C=O) groups is 1. The van der Waals surface area contributed by atoms with Gasteiger partial charge in [-0.25, -0.2) is 0 Å². The van der Waals surface area contributed by atoms with E-state index in [4.69, 9.17) is 10.5 Å². The third-order valence-electron chi connectivity index (χ3n) is 3.63. The molecule has 2 atom stereocenters. The molecular formula is C16H19ClN2O2S. The van der Waals surface area contributed by atoms with Gasteiger partial charge < -0.3 is 15.8 Å². The van der Waals surface area contributed by atoms with Gasteiger partial charge in [-0.05, 0) is 30.4 Å². The maximum absolute atomic E-state index is 12.3. The number of benzene rings is 1.